The maximum atomic E-state index is 13.1. The maximum absolute atomic E-state index is 13.1. The Kier molecular flexibility index (Phi) is 5.41. The van der Waals surface area contributed by atoms with Crippen LogP contribution < -0.4 is 4.74 Å². The molecule has 1 aliphatic heterocycles. The molecular formula is C21H28N4O2. The second-order valence-corrected chi connectivity index (χ2v) is 7.73. The maximum Gasteiger partial charge on any atom is 0.225 e. The Bertz CT molecular complexity index is 768. The van der Waals surface area contributed by atoms with Crippen LogP contribution in [0.3, 0.4) is 0 Å². The topological polar surface area (TPSA) is 60.2 Å². The van der Waals surface area contributed by atoms with Gasteiger partial charge in [0.1, 0.15) is 18.4 Å². The lowest BCUT2D eigenvalue weighted by Crippen LogP contribution is -2.48. The number of hydrogen-bond acceptors (Lipinski definition) is 4. The number of amides is 1. The molecule has 2 aromatic rings. The van der Waals surface area contributed by atoms with E-state index in [2.05, 4.69) is 27.1 Å². The van der Waals surface area contributed by atoms with E-state index in [0.29, 0.717) is 31.5 Å². The van der Waals surface area contributed by atoms with E-state index in [-0.39, 0.29) is 5.91 Å². The van der Waals surface area contributed by atoms with Crippen molar-refractivity contribution in [2.24, 2.45) is 5.92 Å². The van der Waals surface area contributed by atoms with E-state index in [0.717, 1.165) is 12.2 Å². The largest absolute Gasteiger partial charge is 0.497 e. The summed E-state index contributed by atoms with van der Waals surface area (Å²) in [5, 5.41) is 4.12. The number of aromatic nitrogens is 3. The molecule has 2 aliphatic rings. The van der Waals surface area contributed by atoms with Crippen LogP contribution in [0.5, 0.6) is 5.75 Å². The quantitative estimate of drug-likeness (QED) is 0.813. The number of fused-ring (bicyclic) bond motifs is 1. The summed E-state index contributed by atoms with van der Waals surface area (Å²) in [7, 11) is 1.69. The standard InChI is InChI=1S/C21H28N4O2/c1-27-19-8-7-17-12-20(16-5-3-2-4-6-16)25(13-18(17)11-19)21(26)9-10-24-15-22-14-23-24/h7-8,11,14-16,20H,2-6,9-10,12-13H2,1H3. The predicted octanol–water partition coefficient (Wildman–Crippen LogP) is 3.21. The lowest BCUT2D eigenvalue weighted by molar-refractivity contribution is -0.136. The van der Waals surface area contributed by atoms with Crippen molar-refractivity contribution in [2.45, 2.75) is 64.1 Å². The molecule has 6 nitrogen and oxygen atoms in total. The summed E-state index contributed by atoms with van der Waals surface area (Å²) in [5.41, 5.74) is 2.59. The Hall–Kier alpha value is -2.37. The van der Waals surface area contributed by atoms with E-state index in [1.54, 1.807) is 18.1 Å². The number of carbonyl (C=O) groups is 1. The number of methoxy groups -OCH3 is 1. The Morgan fingerprint density at radius 3 is 2.81 bits per heavy atom. The van der Waals surface area contributed by atoms with E-state index in [1.807, 2.05) is 6.07 Å². The van der Waals surface area contributed by atoms with Crippen LogP contribution in [0.25, 0.3) is 0 Å². The molecule has 1 aromatic heterocycles. The van der Waals surface area contributed by atoms with Gasteiger partial charge in [-0.3, -0.25) is 9.48 Å². The molecule has 1 aromatic carbocycles. The number of rotatable bonds is 5. The predicted molar refractivity (Wildman–Crippen MR) is 102 cm³/mol. The molecule has 144 valence electrons. The minimum absolute atomic E-state index is 0.217. The molecule has 27 heavy (non-hydrogen) atoms. The zero-order valence-electron chi connectivity index (χ0n) is 16.0. The number of aryl methyl sites for hydroxylation is 1. The van der Waals surface area contributed by atoms with Gasteiger partial charge in [0.15, 0.2) is 0 Å². The third-order valence-corrected chi connectivity index (χ3v) is 6.12. The van der Waals surface area contributed by atoms with Gasteiger partial charge in [-0.05, 0) is 48.4 Å². The molecule has 1 fully saturated rings. The van der Waals surface area contributed by atoms with Gasteiger partial charge in [0, 0.05) is 19.0 Å². The average Bonchev–Trinajstić information content (AvgIpc) is 3.25. The zero-order valence-corrected chi connectivity index (χ0v) is 16.0. The van der Waals surface area contributed by atoms with Crippen molar-refractivity contribution in [1.82, 2.24) is 19.7 Å². The first-order chi connectivity index (χ1) is 13.2. The first kappa shape index (κ1) is 18.0. The number of ether oxygens (including phenoxy) is 1. The molecule has 1 aliphatic carbocycles. The van der Waals surface area contributed by atoms with Gasteiger partial charge >= 0.3 is 0 Å². The molecular weight excluding hydrogens is 340 g/mol. The van der Waals surface area contributed by atoms with Gasteiger partial charge in [0.25, 0.3) is 0 Å². The van der Waals surface area contributed by atoms with Crippen molar-refractivity contribution >= 4 is 5.91 Å². The molecule has 1 unspecified atom stereocenters. The highest BCUT2D eigenvalue weighted by molar-refractivity contribution is 5.77. The molecule has 0 N–H and O–H groups in total. The molecule has 6 heteroatoms. The second kappa shape index (κ2) is 8.11. The molecule has 0 spiro atoms. The highest BCUT2D eigenvalue weighted by Crippen LogP contribution is 2.36. The summed E-state index contributed by atoms with van der Waals surface area (Å²) in [5.74, 6) is 1.69. The fourth-order valence-corrected chi connectivity index (χ4v) is 4.63. The number of hydrogen-bond donors (Lipinski definition) is 0. The minimum Gasteiger partial charge on any atom is -0.497 e. The molecule has 1 amide bonds. The van der Waals surface area contributed by atoms with Crippen LogP contribution in [0.1, 0.15) is 49.7 Å². The van der Waals surface area contributed by atoms with Crippen molar-refractivity contribution in [1.29, 1.82) is 0 Å². The molecule has 4 rings (SSSR count). The summed E-state index contributed by atoms with van der Waals surface area (Å²) >= 11 is 0. The number of carbonyl (C=O) groups excluding carboxylic acids is 1. The Balaban J connectivity index is 1.55. The molecule has 2 heterocycles. The lowest BCUT2D eigenvalue weighted by atomic mass is 9.78. The summed E-state index contributed by atoms with van der Waals surface area (Å²) in [4.78, 5) is 19.2. The van der Waals surface area contributed by atoms with Crippen LogP contribution in [0.15, 0.2) is 30.9 Å². The SMILES string of the molecule is COc1ccc2c(c1)CN(C(=O)CCn1cncn1)C(C1CCCCC1)C2. The van der Waals surface area contributed by atoms with Gasteiger partial charge in [0.05, 0.1) is 13.7 Å². The highest BCUT2D eigenvalue weighted by Gasteiger charge is 2.35. The number of benzene rings is 1. The fourth-order valence-electron chi connectivity index (χ4n) is 4.63. The van der Waals surface area contributed by atoms with E-state index < -0.39 is 0 Å². The summed E-state index contributed by atoms with van der Waals surface area (Å²) < 4.78 is 7.12. The molecule has 0 radical (unpaired) electrons. The van der Waals surface area contributed by atoms with Crippen molar-refractivity contribution < 1.29 is 9.53 Å². The smallest absolute Gasteiger partial charge is 0.225 e. The van der Waals surface area contributed by atoms with Crippen molar-refractivity contribution in [3.05, 3.63) is 42.0 Å². The average molecular weight is 368 g/mol. The van der Waals surface area contributed by atoms with Crippen LogP contribution in [0, 0.1) is 5.92 Å². The van der Waals surface area contributed by atoms with Crippen molar-refractivity contribution in [3.63, 3.8) is 0 Å². The first-order valence-electron chi connectivity index (χ1n) is 10.0. The van der Waals surface area contributed by atoms with Gasteiger partial charge in [-0.1, -0.05) is 25.3 Å². The zero-order chi connectivity index (χ0) is 18.6. The van der Waals surface area contributed by atoms with Gasteiger partial charge in [-0.15, -0.1) is 0 Å². The normalized spacial score (nSPS) is 20.3. The first-order valence-corrected chi connectivity index (χ1v) is 10.0. The van der Waals surface area contributed by atoms with Gasteiger partial charge in [-0.25, -0.2) is 4.98 Å². The van der Waals surface area contributed by atoms with E-state index >= 15 is 0 Å². The van der Waals surface area contributed by atoms with Gasteiger partial charge in [-0.2, -0.15) is 5.10 Å². The van der Waals surface area contributed by atoms with Gasteiger partial charge < -0.3 is 9.64 Å². The van der Waals surface area contributed by atoms with Crippen LogP contribution in [-0.2, 0) is 24.3 Å². The summed E-state index contributed by atoms with van der Waals surface area (Å²) in [6.45, 7) is 1.27. The van der Waals surface area contributed by atoms with Crippen LogP contribution in [0.4, 0.5) is 0 Å². The minimum atomic E-state index is 0.217. The fraction of sp³-hybridized carbons (Fsp3) is 0.571. The van der Waals surface area contributed by atoms with Crippen molar-refractivity contribution in [3.8, 4) is 5.75 Å². The van der Waals surface area contributed by atoms with E-state index in [4.69, 9.17) is 4.74 Å². The number of nitrogens with zero attached hydrogens (tertiary/aromatic N) is 4. The molecule has 0 saturated heterocycles. The van der Waals surface area contributed by atoms with E-state index in [1.165, 1.54) is 49.6 Å². The Labute approximate surface area is 160 Å². The molecule has 1 atom stereocenters. The van der Waals surface area contributed by atoms with Crippen molar-refractivity contribution in [2.75, 3.05) is 7.11 Å². The van der Waals surface area contributed by atoms with Crippen LogP contribution in [-0.4, -0.2) is 38.7 Å². The summed E-state index contributed by atoms with van der Waals surface area (Å²) in [6, 6.07) is 6.62. The Morgan fingerprint density at radius 2 is 2.07 bits per heavy atom. The van der Waals surface area contributed by atoms with E-state index in [9.17, 15) is 4.79 Å². The third-order valence-electron chi connectivity index (χ3n) is 6.12. The van der Waals surface area contributed by atoms with Crippen LogP contribution >= 0.6 is 0 Å². The third kappa shape index (κ3) is 3.99. The van der Waals surface area contributed by atoms with Gasteiger partial charge in [0.2, 0.25) is 5.91 Å². The molecule has 1 saturated carbocycles. The summed E-state index contributed by atoms with van der Waals surface area (Å²) in [6.07, 6.45) is 11.0. The highest BCUT2D eigenvalue weighted by atomic mass is 16.5. The lowest BCUT2D eigenvalue weighted by Gasteiger charge is -2.43. The van der Waals surface area contributed by atoms with Crippen LogP contribution in [0.2, 0.25) is 0 Å². The monoisotopic (exact) mass is 368 g/mol. The second-order valence-electron chi connectivity index (χ2n) is 7.73. The molecule has 0 bridgehead atoms. The Morgan fingerprint density at radius 1 is 1.22 bits per heavy atom.